The van der Waals surface area contributed by atoms with Crippen molar-refractivity contribution in [3.05, 3.63) is 29.8 Å². The second-order valence-electron chi connectivity index (χ2n) is 5.60. The Labute approximate surface area is 141 Å². The second kappa shape index (κ2) is 7.73. The van der Waals surface area contributed by atoms with Crippen LogP contribution in [0.5, 0.6) is 0 Å². The summed E-state index contributed by atoms with van der Waals surface area (Å²) in [5, 5.41) is 7.57. The molecule has 2 rings (SSSR count). The van der Waals surface area contributed by atoms with Crippen molar-refractivity contribution >= 4 is 21.8 Å². The average molecular weight is 354 g/mol. The second-order valence-corrected chi connectivity index (χ2v) is 7.16. The normalized spacial score (nSPS) is 16.0. The van der Waals surface area contributed by atoms with E-state index in [1.807, 2.05) is 0 Å². The number of rotatable bonds is 4. The number of nitrogens with zero attached hydrogens (tertiary/aromatic N) is 2. The van der Waals surface area contributed by atoms with E-state index >= 15 is 0 Å². The molecule has 9 heteroatoms. The van der Waals surface area contributed by atoms with Crippen LogP contribution in [0.2, 0.25) is 0 Å². The smallest absolute Gasteiger partial charge is 0.311 e. The lowest BCUT2D eigenvalue weighted by molar-refractivity contribution is -0.147. The van der Waals surface area contributed by atoms with Crippen LogP contribution in [0.4, 0.5) is 0 Å². The molecule has 0 spiro atoms. The van der Waals surface area contributed by atoms with Crippen LogP contribution >= 0.6 is 0 Å². The average Bonchev–Trinajstić information content (AvgIpc) is 2.58. The number of likely N-dealkylation sites (N-methyl/N-ethyl adjacent to an activating group) is 1. The first-order valence-electron chi connectivity index (χ1n) is 7.72. The number of primary sulfonamides is 1. The Morgan fingerprint density at radius 2 is 1.71 bits per heavy atom. The topological polar surface area (TPSA) is 113 Å². The van der Waals surface area contributed by atoms with Crippen molar-refractivity contribution < 1.29 is 18.0 Å². The molecule has 0 atom stereocenters. The van der Waals surface area contributed by atoms with E-state index < -0.39 is 21.8 Å². The minimum Gasteiger partial charge on any atom is -0.344 e. The number of hydrogen-bond donors (Lipinski definition) is 2. The van der Waals surface area contributed by atoms with Crippen molar-refractivity contribution in [2.45, 2.75) is 18.4 Å². The van der Waals surface area contributed by atoms with Crippen LogP contribution in [0.1, 0.15) is 12.5 Å². The minimum absolute atomic E-state index is 0.00227. The molecule has 8 nitrogen and oxygen atoms in total. The van der Waals surface area contributed by atoms with E-state index in [1.54, 1.807) is 17.0 Å². The molecule has 0 saturated carbocycles. The van der Waals surface area contributed by atoms with Crippen molar-refractivity contribution in [2.75, 3.05) is 32.7 Å². The van der Waals surface area contributed by atoms with E-state index in [0.29, 0.717) is 18.7 Å². The lowest BCUT2D eigenvalue weighted by Gasteiger charge is -2.33. The summed E-state index contributed by atoms with van der Waals surface area (Å²) in [6.07, 6.45) is 0. The van der Waals surface area contributed by atoms with Crippen molar-refractivity contribution in [1.29, 1.82) is 0 Å². The van der Waals surface area contributed by atoms with Gasteiger partial charge in [0.05, 0.1) is 4.90 Å². The summed E-state index contributed by atoms with van der Waals surface area (Å²) in [4.78, 5) is 27.8. The van der Waals surface area contributed by atoms with E-state index in [1.165, 1.54) is 12.1 Å². The molecule has 0 unspecified atom stereocenters. The fourth-order valence-electron chi connectivity index (χ4n) is 2.47. The predicted octanol–water partition coefficient (Wildman–Crippen LogP) is -0.886. The zero-order valence-corrected chi connectivity index (χ0v) is 14.4. The third-order valence-corrected chi connectivity index (χ3v) is 4.94. The summed E-state index contributed by atoms with van der Waals surface area (Å²) in [6.45, 7) is 5.76. The largest absolute Gasteiger partial charge is 0.344 e. The maximum atomic E-state index is 12.1. The fourth-order valence-corrected chi connectivity index (χ4v) is 2.98. The summed E-state index contributed by atoms with van der Waals surface area (Å²) in [5.41, 5.74) is 0.680. The van der Waals surface area contributed by atoms with Crippen molar-refractivity contribution in [1.82, 2.24) is 15.1 Å². The summed E-state index contributed by atoms with van der Waals surface area (Å²) in [5.74, 6) is -1.19. The maximum Gasteiger partial charge on any atom is 0.311 e. The molecular weight excluding hydrogens is 332 g/mol. The highest BCUT2D eigenvalue weighted by Crippen LogP contribution is 2.08. The van der Waals surface area contributed by atoms with E-state index in [0.717, 1.165) is 19.6 Å². The molecule has 1 fully saturated rings. The van der Waals surface area contributed by atoms with Gasteiger partial charge in [0.2, 0.25) is 10.0 Å². The molecule has 1 aromatic carbocycles. The Kier molecular flexibility index (Phi) is 5.92. The van der Waals surface area contributed by atoms with Gasteiger partial charge in [-0.3, -0.25) is 9.59 Å². The zero-order chi connectivity index (χ0) is 17.7. The van der Waals surface area contributed by atoms with Gasteiger partial charge in [0.15, 0.2) is 0 Å². The number of piperazine rings is 1. The van der Waals surface area contributed by atoms with Gasteiger partial charge in [0.1, 0.15) is 0 Å². The third-order valence-electron chi connectivity index (χ3n) is 4.01. The van der Waals surface area contributed by atoms with Crippen LogP contribution in [-0.4, -0.2) is 62.8 Å². The number of hydrogen-bond acceptors (Lipinski definition) is 5. The summed E-state index contributed by atoms with van der Waals surface area (Å²) >= 11 is 0. The van der Waals surface area contributed by atoms with Gasteiger partial charge in [-0.05, 0) is 24.2 Å². The van der Waals surface area contributed by atoms with Gasteiger partial charge in [-0.15, -0.1) is 0 Å². The van der Waals surface area contributed by atoms with Crippen LogP contribution in [0, 0.1) is 0 Å². The number of nitrogens with two attached hydrogens (primary N) is 1. The molecule has 1 saturated heterocycles. The molecule has 1 heterocycles. The number of carbonyl (C=O) groups excluding carboxylic acids is 2. The first-order chi connectivity index (χ1) is 11.3. The van der Waals surface area contributed by atoms with Crippen LogP contribution in [0.3, 0.4) is 0 Å². The van der Waals surface area contributed by atoms with Crippen LogP contribution in [-0.2, 0) is 26.2 Å². The Balaban J connectivity index is 1.85. The molecule has 1 aromatic rings. The standard InChI is InChI=1S/C15H22N4O4S/c1-2-18-7-9-19(10-8-18)15(21)14(20)17-11-12-3-5-13(6-4-12)24(16,22)23/h3-6H,2,7-11H2,1H3,(H,17,20)(H2,16,22,23). The Morgan fingerprint density at radius 3 is 2.21 bits per heavy atom. The van der Waals surface area contributed by atoms with Gasteiger partial charge in [0.25, 0.3) is 0 Å². The maximum absolute atomic E-state index is 12.1. The van der Waals surface area contributed by atoms with Gasteiger partial charge in [-0.1, -0.05) is 19.1 Å². The van der Waals surface area contributed by atoms with E-state index in [-0.39, 0.29) is 11.4 Å². The number of amides is 2. The molecule has 0 radical (unpaired) electrons. The highest BCUT2D eigenvalue weighted by atomic mass is 32.2. The lowest BCUT2D eigenvalue weighted by Crippen LogP contribution is -2.52. The van der Waals surface area contributed by atoms with Crippen LogP contribution in [0.15, 0.2) is 29.2 Å². The molecule has 1 aliphatic rings. The van der Waals surface area contributed by atoms with Crippen LogP contribution in [0.25, 0.3) is 0 Å². The Morgan fingerprint density at radius 1 is 1.12 bits per heavy atom. The fraction of sp³-hybridized carbons (Fsp3) is 0.467. The van der Waals surface area contributed by atoms with Gasteiger partial charge >= 0.3 is 11.8 Å². The molecule has 0 aliphatic carbocycles. The minimum atomic E-state index is -3.74. The molecule has 2 amide bonds. The van der Waals surface area contributed by atoms with Gasteiger partial charge < -0.3 is 15.1 Å². The number of benzene rings is 1. The quantitative estimate of drug-likeness (QED) is 0.682. The van der Waals surface area contributed by atoms with Crippen molar-refractivity contribution in [3.63, 3.8) is 0 Å². The van der Waals surface area contributed by atoms with Crippen LogP contribution < -0.4 is 10.5 Å². The summed E-state index contributed by atoms with van der Waals surface area (Å²) in [7, 11) is -3.74. The highest BCUT2D eigenvalue weighted by Gasteiger charge is 2.25. The first kappa shape index (κ1) is 18.4. The molecule has 0 bridgehead atoms. The molecule has 0 aromatic heterocycles. The Hall–Kier alpha value is -1.97. The molecule has 3 N–H and O–H groups in total. The third kappa shape index (κ3) is 4.76. The molecule has 24 heavy (non-hydrogen) atoms. The lowest BCUT2D eigenvalue weighted by atomic mass is 10.2. The molecule has 1 aliphatic heterocycles. The molecule has 132 valence electrons. The Bertz CT molecular complexity index is 695. The monoisotopic (exact) mass is 354 g/mol. The van der Waals surface area contributed by atoms with Crippen molar-refractivity contribution in [3.8, 4) is 0 Å². The summed E-state index contributed by atoms with van der Waals surface area (Å²) in [6, 6.07) is 5.82. The number of carbonyl (C=O) groups is 2. The first-order valence-corrected chi connectivity index (χ1v) is 9.27. The number of nitrogens with one attached hydrogen (secondary N) is 1. The predicted molar refractivity (Wildman–Crippen MR) is 88.4 cm³/mol. The van der Waals surface area contributed by atoms with Gasteiger partial charge in [-0.25, -0.2) is 13.6 Å². The zero-order valence-electron chi connectivity index (χ0n) is 13.6. The summed E-state index contributed by atoms with van der Waals surface area (Å²) < 4.78 is 22.3. The van der Waals surface area contributed by atoms with Crippen molar-refractivity contribution in [2.24, 2.45) is 5.14 Å². The van der Waals surface area contributed by atoms with E-state index in [4.69, 9.17) is 5.14 Å². The van der Waals surface area contributed by atoms with Gasteiger partial charge in [0, 0.05) is 32.7 Å². The molecular formula is C15H22N4O4S. The SMILES string of the molecule is CCN1CCN(C(=O)C(=O)NCc2ccc(S(N)(=O)=O)cc2)CC1. The van der Waals surface area contributed by atoms with E-state index in [2.05, 4.69) is 17.1 Å². The van der Waals surface area contributed by atoms with Gasteiger partial charge in [-0.2, -0.15) is 0 Å². The highest BCUT2D eigenvalue weighted by molar-refractivity contribution is 7.89. The van der Waals surface area contributed by atoms with E-state index in [9.17, 15) is 18.0 Å². The number of sulfonamides is 1.